The zero-order valence-corrected chi connectivity index (χ0v) is 10.9. The largest absolute Gasteiger partial charge is 0.480 e. The lowest BCUT2D eigenvalue weighted by Gasteiger charge is -2.20. The summed E-state index contributed by atoms with van der Waals surface area (Å²) in [6, 6.07) is -0.706. The average molecular weight is 254 g/mol. The Morgan fingerprint density at radius 2 is 2.11 bits per heavy atom. The first-order valence-corrected chi connectivity index (χ1v) is 5.57. The Balaban J connectivity index is 2.60. The van der Waals surface area contributed by atoms with Gasteiger partial charge in [-0.1, -0.05) is 0 Å². The van der Waals surface area contributed by atoms with Crippen molar-refractivity contribution in [3.8, 4) is 0 Å². The lowest BCUT2D eigenvalue weighted by molar-refractivity contribution is -0.142. The molecule has 1 aromatic rings. The van der Waals surface area contributed by atoms with E-state index in [2.05, 4.69) is 15.5 Å². The number of carbonyl (C=O) groups is 2. The molecule has 0 saturated heterocycles. The van der Waals surface area contributed by atoms with Gasteiger partial charge >= 0.3 is 5.97 Å². The van der Waals surface area contributed by atoms with Crippen molar-refractivity contribution in [2.45, 2.75) is 26.8 Å². The van der Waals surface area contributed by atoms with E-state index < -0.39 is 12.0 Å². The SMILES string of the molecule is Cc1n[nH]c(C)c1NC(=O)CN(C)C(C)C(=O)O. The predicted octanol–water partition coefficient (Wildman–Crippen LogP) is 0.370. The van der Waals surface area contributed by atoms with Crippen LogP contribution in [0.2, 0.25) is 0 Å². The Hall–Kier alpha value is -1.89. The maximum atomic E-state index is 11.8. The second-order valence-corrected chi connectivity index (χ2v) is 4.29. The smallest absolute Gasteiger partial charge is 0.320 e. The number of anilines is 1. The number of likely N-dealkylation sites (N-methyl/N-ethyl adjacent to an activating group) is 1. The van der Waals surface area contributed by atoms with Gasteiger partial charge in [0.25, 0.3) is 0 Å². The number of amides is 1. The van der Waals surface area contributed by atoms with Crippen LogP contribution in [0.1, 0.15) is 18.3 Å². The number of nitrogens with zero attached hydrogens (tertiary/aromatic N) is 2. The van der Waals surface area contributed by atoms with Gasteiger partial charge in [-0.2, -0.15) is 5.10 Å². The molecule has 1 amide bonds. The number of carboxylic acids is 1. The summed E-state index contributed by atoms with van der Waals surface area (Å²) in [6.45, 7) is 5.13. The van der Waals surface area contributed by atoms with Crippen LogP contribution < -0.4 is 5.32 Å². The van der Waals surface area contributed by atoms with Gasteiger partial charge in [-0.05, 0) is 27.8 Å². The molecule has 0 saturated carbocycles. The topological polar surface area (TPSA) is 98.3 Å². The third kappa shape index (κ3) is 3.30. The van der Waals surface area contributed by atoms with Crippen molar-refractivity contribution in [2.75, 3.05) is 18.9 Å². The summed E-state index contributed by atoms with van der Waals surface area (Å²) < 4.78 is 0. The molecule has 7 nitrogen and oxygen atoms in total. The number of aromatic nitrogens is 2. The Morgan fingerprint density at radius 3 is 2.56 bits per heavy atom. The summed E-state index contributed by atoms with van der Waals surface area (Å²) >= 11 is 0. The van der Waals surface area contributed by atoms with Gasteiger partial charge < -0.3 is 10.4 Å². The van der Waals surface area contributed by atoms with E-state index in [0.717, 1.165) is 5.69 Å². The minimum atomic E-state index is -0.957. The number of nitrogens with one attached hydrogen (secondary N) is 2. The van der Waals surface area contributed by atoms with Crippen molar-refractivity contribution in [1.82, 2.24) is 15.1 Å². The molecule has 1 atom stereocenters. The van der Waals surface area contributed by atoms with Gasteiger partial charge in [-0.15, -0.1) is 0 Å². The van der Waals surface area contributed by atoms with Crippen LogP contribution in [-0.2, 0) is 9.59 Å². The Kier molecular flexibility index (Phi) is 4.43. The number of aromatic amines is 1. The summed E-state index contributed by atoms with van der Waals surface area (Å²) in [7, 11) is 1.59. The molecule has 1 aromatic heterocycles. The van der Waals surface area contributed by atoms with Crippen LogP contribution in [0.15, 0.2) is 0 Å². The summed E-state index contributed by atoms with van der Waals surface area (Å²) in [4.78, 5) is 24.0. The molecule has 1 rings (SSSR count). The zero-order chi connectivity index (χ0) is 13.9. The fraction of sp³-hybridized carbons (Fsp3) is 0.545. The molecule has 0 fully saturated rings. The van der Waals surface area contributed by atoms with E-state index in [4.69, 9.17) is 5.11 Å². The number of hydrogen-bond donors (Lipinski definition) is 3. The van der Waals surface area contributed by atoms with Crippen molar-refractivity contribution in [3.63, 3.8) is 0 Å². The lowest BCUT2D eigenvalue weighted by Crippen LogP contribution is -2.40. The van der Waals surface area contributed by atoms with Gasteiger partial charge in [0, 0.05) is 0 Å². The van der Waals surface area contributed by atoms with E-state index >= 15 is 0 Å². The fourth-order valence-corrected chi connectivity index (χ4v) is 1.47. The summed E-state index contributed by atoms with van der Waals surface area (Å²) in [6.07, 6.45) is 0. The fourth-order valence-electron chi connectivity index (χ4n) is 1.47. The van der Waals surface area contributed by atoms with E-state index in [0.29, 0.717) is 11.4 Å². The Labute approximate surface area is 105 Å². The molecule has 0 aliphatic carbocycles. The van der Waals surface area contributed by atoms with E-state index in [9.17, 15) is 9.59 Å². The summed E-state index contributed by atoms with van der Waals surface area (Å²) in [5.41, 5.74) is 2.13. The number of rotatable bonds is 5. The van der Waals surface area contributed by atoms with Crippen LogP contribution in [0, 0.1) is 13.8 Å². The molecule has 7 heteroatoms. The van der Waals surface area contributed by atoms with Crippen LogP contribution in [-0.4, -0.2) is 51.7 Å². The van der Waals surface area contributed by atoms with Crippen molar-refractivity contribution >= 4 is 17.6 Å². The van der Waals surface area contributed by atoms with Crippen LogP contribution in [0.25, 0.3) is 0 Å². The highest BCUT2D eigenvalue weighted by Crippen LogP contribution is 2.15. The zero-order valence-electron chi connectivity index (χ0n) is 10.9. The van der Waals surface area contributed by atoms with Crippen molar-refractivity contribution in [3.05, 3.63) is 11.4 Å². The monoisotopic (exact) mass is 254 g/mol. The molecular weight excluding hydrogens is 236 g/mol. The molecular formula is C11H18N4O3. The van der Waals surface area contributed by atoms with Crippen molar-refractivity contribution < 1.29 is 14.7 Å². The van der Waals surface area contributed by atoms with Gasteiger partial charge in [0.15, 0.2) is 0 Å². The first-order chi connectivity index (χ1) is 8.32. The van der Waals surface area contributed by atoms with Gasteiger partial charge in [-0.3, -0.25) is 19.6 Å². The number of aryl methyl sites for hydroxylation is 2. The molecule has 0 spiro atoms. The molecule has 3 N–H and O–H groups in total. The third-order valence-electron chi connectivity index (χ3n) is 2.80. The van der Waals surface area contributed by atoms with Gasteiger partial charge in [0.05, 0.1) is 23.6 Å². The quantitative estimate of drug-likeness (QED) is 0.705. The normalized spacial score (nSPS) is 12.5. The van der Waals surface area contributed by atoms with Gasteiger partial charge in [0.1, 0.15) is 6.04 Å². The number of carbonyl (C=O) groups excluding carboxylic acids is 1. The first-order valence-electron chi connectivity index (χ1n) is 5.57. The van der Waals surface area contributed by atoms with Crippen LogP contribution in [0.4, 0.5) is 5.69 Å². The van der Waals surface area contributed by atoms with Gasteiger partial charge in [-0.25, -0.2) is 0 Å². The standard InChI is InChI=1S/C11H18N4O3/c1-6-10(7(2)14-13-6)12-9(16)5-15(4)8(3)11(17)18/h8H,5H2,1-4H3,(H,12,16)(H,13,14)(H,17,18). The van der Waals surface area contributed by atoms with Crippen molar-refractivity contribution in [1.29, 1.82) is 0 Å². The Bertz CT molecular complexity index is 436. The maximum Gasteiger partial charge on any atom is 0.320 e. The van der Waals surface area contributed by atoms with Gasteiger partial charge in [0.2, 0.25) is 5.91 Å². The second kappa shape index (κ2) is 5.63. The first kappa shape index (κ1) is 14.2. The second-order valence-electron chi connectivity index (χ2n) is 4.29. The number of H-pyrrole nitrogens is 1. The minimum Gasteiger partial charge on any atom is -0.480 e. The highest BCUT2D eigenvalue weighted by Gasteiger charge is 2.19. The number of carboxylic acid groups (broad SMARTS) is 1. The molecule has 1 unspecified atom stereocenters. The van der Waals surface area contributed by atoms with E-state index in [1.165, 1.54) is 11.8 Å². The molecule has 0 bridgehead atoms. The van der Waals surface area contributed by atoms with E-state index in [1.807, 2.05) is 0 Å². The molecule has 0 aromatic carbocycles. The number of hydrogen-bond acceptors (Lipinski definition) is 4. The average Bonchev–Trinajstić information content (AvgIpc) is 2.59. The highest BCUT2D eigenvalue weighted by molar-refractivity contribution is 5.93. The number of aliphatic carboxylic acids is 1. The summed E-state index contributed by atoms with van der Waals surface area (Å²) in [5, 5.41) is 18.3. The predicted molar refractivity (Wildman–Crippen MR) is 66.4 cm³/mol. The minimum absolute atomic E-state index is 0.0114. The van der Waals surface area contributed by atoms with E-state index in [1.54, 1.807) is 20.9 Å². The van der Waals surface area contributed by atoms with Crippen molar-refractivity contribution in [2.24, 2.45) is 0 Å². The molecule has 18 heavy (non-hydrogen) atoms. The van der Waals surface area contributed by atoms with Crippen LogP contribution in [0.5, 0.6) is 0 Å². The molecule has 0 radical (unpaired) electrons. The maximum absolute atomic E-state index is 11.8. The molecule has 0 aliphatic heterocycles. The molecule has 1 heterocycles. The van der Waals surface area contributed by atoms with E-state index in [-0.39, 0.29) is 12.5 Å². The third-order valence-corrected chi connectivity index (χ3v) is 2.80. The summed E-state index contributed by atoms with van der Waals surface area (Å²) in [5.74, 6) is -1.22. The highest BCUT2D eigenvalue weighted by atomic mass is 16.4. The Morgan fingerprint density at radius 1 is 1.50 bits per heavy atom. The van der Waals surface area contributed by atoms with Crippen LogP contribution in [0.3, 0.4) is 0 Å². The molecule has 0 aliphatic rings. The molecule has 100 valence electrons. The lowest BCUT2D eigenvalue weighted by atomic mass is 10.3. The van der Waals surface area contributed by atoms with Crippen LogP contribution >= 0.6 is 0 Å².